The van der Waals surface area contributed by atoms with Gasteiger partial charge < -0.3 is 0 Å². The molecule has 0 aliphatic heterocycles. The third kappa shape index (κ3) is 3.39. The number of aliphatic imine (C=N–C) groups is 1. The Morgan fingerprint density at radius 3 is 2.82 bits per heavy atom. The van der Waals surface area contributed by atoms with Crippen molar-refractivity contribution in [1.29, 1.82) is 0 Å². The summed E-state index contributed by atoms with van der Waals surface area (Å²) in [4.78, 5) is 14.1. The summed E-state index contributed by atoms with van der Waals surface area (Å²) < 4.78 is 14.1. The highest BCUT2D eigenvalue weighted by Gasteiger charge is 2.30. The van der Waals surface area contributed by atoms with Gasteiger partial charge in [-0.1, -0.05) is 24.6 Å². The highest BCUT2D eigenvalue weighted by atomic mass is 35.5. The SMILES string of the molecule is CC1C/C=C/C(Cl)=C\C(F)=C/1C(C)(C)N=C=O. The predicted octanol–water partition coefficient (Wildman–Crippen LogP) is 4.04. The van der Waals surface area contributed by atoms with E-state index in [1.807, 2.05) is 13.0 Å². The standard InChI is InChI=1S/C13H15ClFNO/c1-9-5-4-6-10(14)7-11(15)12(9)13(2,3)16-8-17/h4,6-7,9H,5H2,1-3H3/b6-4+,10-7+,12-11-. The van der Waals surface area contributed by atoms with Gasteiger partial charge in [-0.25, -0.2) is 9.18 Å². The molecule has 0 saturated carbocycles. The molecule has 0 fully saturated rings. The Balaban J connectivity index is 3.34. The van der Waals surface area contributed by atoms with Gasteiger partial charge in [0.15, 0.2) is 0 Å². The van der Waals surface area contributed by atoms with Crippen molar-refractivity contribution in [2.24, 2.45) is 10.9 Å². The average Bonchev–Trinajstić information content (AvgIpc) is 2.14. The molecule has 0 aromatic rings. The number of halogens is 2. The summed E-state index contributed by atoms with van der Waals surface area (Å²) in [6, 6.07) is 0. The molecule has 17 heavy (non-hydrogen) atoms. The molecule has 1 aliphatic carbocycles. The molecule has 2 nitrogen and oxygen atoms in total. The summed E-state index contributed by atoms with van der Waals surface area (Å²) in [5, 5.41) is 0.331. The summed E-state index contributed by atoms with van der Waals surface area (Å²) in [5.41, 5.74) is -0.423. The summed E-state index contributed by atoms with van der Waals surface area (Å²) >= 11 is 5.82. The van der Waals surface area contributed by atoms with Gasteiger partial charge in [-0.15, -0.1) is 0 Å². The maximum atomic E-state index is 14.1. The molecular formula is C13H15ClFNO. The van der Waals surface area contributed by atoms with Crippen LogP contribution in [0.15, 0.2) is 39.7 Å². The van der Waals surface area contributed by atoms with Crippen molar-refractivity contribution in [2.75, 3.05) is 0 Å². The minimum atomic E-state index is -0.899. The fraction of sp³-hybridized carbons (Fsp3) is 0.462. The number of nitrogens with zero attached hydrogens (tertiary/aromatic N) is 1. The lowest BCUT2D eigenvalue weighted by atomic mass is 9.82. The van der Waals surface area contributed by atoms with Crippen LogP contribution >= 0.6 is 11.6 Å². The number of allylic oxidation sites excluding steroid dienone is 5. The first-order chi connectivity index (χ1) is 7.88. The molecule has 1 rings (SSSR count). The Kier molecular flexibility index (Phi) is 4.44. The zero-order valence-electron chi connectivity index (χ0n) is 10.1. The fourth-order valence-electron chi connectivity index (χ4n) is 2.05. The molecule has 1 atom stereocenters. The molecule has 1 unspecified atom stereocenters. The lowest BCUT2D eigenvalue weighted by Gasteiger charge is -2.27. The van der Waals surface area contributed by atoms with Gasteiger partial charge in [0.25, 0.3) is 0 Å². The molecule has 0 heterocycles. The van der Waals surface area contributed by atoms with Crippen molar-refractivity contribution in [3.05, 3.63) is 34.7 Å². The second-order valence-electron chi connectivity index (χ2n) is 4.59. The van der Waals surface area contributed by atoms with Crippen LogP contribution < -0.4 is 0 Å². The van der Waals surface area contributed by atoms with Gasteiger partial charge in [-0.2, -0.15) is 4.99 Å². The summed E-state index contributed by atoms with van der Waals surface area (Å²) in [5.74, 6) is -0.463. The Labute approximate surface area is 106 Å². The lowest BCUT2D eigenvalue weighted by Crippen LogP contribution is -2.26. The van der Waals surface area contributed by atoms with Crippen LogP contribution in [0.2, 0.25) is 0 Å². The van der Waals surface area contributed by atoms with Gasteiger partial charge in [0.05, 0.1) is 5.54 Å². The van der Waals surface area contributed by atoms with Crippen LogP contribution in [0.3, 0.4) is 0 Å². The largest absolute Gasteiger partial charge is 0.235 e. The van der Waals surface area contributed by atoms with Crippen LogP contribution in [-0.2, 0) is 4.79 Å². The van der Waals surface area contributed by atoms with E-state index in [0.29, 0.717) is 17.0 Å². The molecule has 0 bridgehead atoms. The van der Waals surface area contributed by atoms with Crippen molar-refractivity contribution in [1.82, 2.24) is 0 Å². The monoisotopic (exact) mass is 255 g/mol. The van der Waals surface area contributed by atoms with Crippen molar-refractivity contribution >= 4 is 17.7 Å². The van der Waals surface area contributed by atoms with Crippen LogP contribution in [0.25, 0.3) is 0 Å². The van der Waals surface area contributed by atoms with Crippen LogP contribution in [0, 0.1) is 5.92 Å². The summed E-state index contributed by atoms with van der Waals surface area (Å²) in [6.45, 7) is 5.28. The molecular weight excluding hydrogens is 241 g/mol. The zero-order chi connectivity index (χ0) is 13.1. The number of carbonyl (C=O) groups excluding carboxylic acids is 1. The topological polar surface area (TPSA) is 29.4 Å². The molecule has 0 N–H and O–H groups in total. The maximum absolute atomic E-state index is 14.1. The molecule has 0 radical (unpaired) electrons. The minimum Gasteiger partial charge on any atom is -0.211 e. The highest BCUT2D eigenvalue weighted by molar-refractivity contribution is 6.31. The van der Waals surface area contributed by atoms with E-state index in [-0.39, 0.29) is 5.92 Å². The van der Waals surface area contributed by atoms with Gasteiger partial charge in [0, 0.05) is 5.03 Å². The van der Waals surface area contributed by atoms with Crippen LogP contribution in [0.4, 0.5) is 4.39 Å². The molecule has 4 heteroatoms. The second-order valence-corrected chi connectivity index (χ2v) is 5.03. The third-order valence-corrected chi connectivity index (χ3v) is 3.00. The quantitative estimate of drug-likeness (QED) is 0.541. The van der Waals surface area contributed by atoms with E-state index >= 15 is 0 Å². The molecule has 0 aromatic carbocycles. The maximum Gasteiger partial charge on any atom is 0.235 e. The Bertz CT molecular complexity index is 442. The smallest absolute Gasteiger partial charge is 0.211 e. The van der Waals surface area contributed by atoms with Crippen LogP contribution in [0.1, 0.15) is 27.2 Å². The number of isocyanates is 1. The van der Waals surface area contributed by atoms with E-state index in [4.69, 9.17) is 11.6 Å². The first-order valence-electron chi connectivity index (χ1n) is 5.41. The van der Waals surface area contributed by atoms with E-state index in [9.17, 15) is 9.18 Å². The van der Waals surface area contributed by atoms with Crippen molar-refractivity contribution in [3.63, 3.8) is 0 Å². The van der Waals surface area contributed by atoms with Crippen molar-refractivity contribution < 1.29 is 9.18 Å². The Morgan fingerprint density at radius 2 is 2.24 bits per heavy atom. The van der Waals surface area contributed by atoms with Gasteiger partial charge in [-0.3, -0.25) is 0 Å². The van der Waals surface area contributed by atoms with E-state index in [0.717, 1.165) is 0 Å². The van der Waals surface area contributed by atoms with E-state index in [1.54, 1.807) is 19.9 Å². The zero-order valence-corrected chi connectivity index (χ0v) is 10.9. The van der Waals surface area contributed by atoms with Crippen LogP contribution in [0.5, 0.6) is 0 Å². The predicted molar refractivity (Wildman–Crippen MR) is 67.2 cm³/mol. The third-order valence-electron chi connectivity index (χ3n) is 2.77. The number of rotatable bonds is 2. The Hall–Kier alpha value is -1.18. The molecule has 1 aliphatic rings. The number of hydrogen-bond donors (Lipinski definition) is 0. The van der Waals surface area contributed by atoms with Crippen molar-refractivity contribution in [2.45, 2.75) is 32.7 Å². The Morgan fingerprint density at radius 1 is 1.59 bits per heavy atom. The molecule has 0 saturated heterocycles. The van der Waals surface area contributed by atoms with E-state index in [2.05, 4.69) is 4.99 Å². The summed E-state index contributed by atoms with van der Waals surface area (Å²) in [7, 11) is 0. The van der Waals surface area contributed by atoms with Gasteiger partial charge in [-0.05, 0) is 43.9 Å². The normalized spacial score (nSPS) is 30.6. The lowest BCUT2D eigenvalue weighted by molar-refractivity contribution is 0.474. The fourth-order valence-corrected chi connectivity index (χ4v) is 2.24. The number of hydrogen-bond acceptors (Lipinski definition) is 2. The highest BCUT2D eigenvalue weighted by Crippen LogP contribution is 2.35. The molecule has 0 spiro atoms. The van der Waals surface area contributed by atoms with E-state index < -0.39 is 11.4 Å². The van der Waals surface area contributed by atoms with Gasteiger partial charge in [0.1, 0.15) is 5.83 Å². The second kappa shape index (κ2) is 5.44. The summed E-state index contributed by atoms with van der Waals surface area (Å²) in [6.07, 6.45) is 6.97. The molecule has 0 aromatic heterocycles. The van der Waals surface area contributed by atoms with E-state index in [1.165, 1.54) is 12.2 Å². The molecule has 92 valence electrons. The first kappa shape index (κ1) is 13.9. The van der Waals surface area contributed by atoms with Crippen molar-refractivity contribution in [3.8, 4) is 0 Å². The van der Waals surface area contributed by atoms with Gasteiger partial charge >= 0.3 is 0 Å². The first-order valence-corrected chi connectivity index (χ1v) is 5.79. The average molecular weight is 256 g/mol. The van der Waals surface area contributed by atoms with Gasteiger partial charge in [0.2, 0.25) is 6.08 Å². The minimum absolute atomic E-state index is 0.0423. The molecule has 0 amide bonds. The van der Waals surface area contributed by atoms with Crippen LogP contribution in [-0.4, -0.2) is 11.6 Å².